The fraction of sp³-hybridized carbons (Fsp3) is 0.250. The Morgan fingerprint density at radius 3 is 1.53 bits per heavy atom. The number of rotatable bonds is 7. The fourth-order valence-corrected chi connectivity index (χ4v) is 2.61. The molecular weight excluding hydrogens is 248 g/mol. The Kier molecular flexibility index (Phi) is 5.81. The number of hydrogen-bond acceptors (Lipinski definition) is 2. The molecule has 2 rings (SSSR count). The van der Waals surface area contributed by atoms with Gasteiger partial charge in [-0.15, -0.1) is 0 Å². The van der Waals surface area contributed by atoms with Gasteiger partial charge < -0.3 is 0 Å². The SMILES string of the molecule is [SiH3]CC(NCc1ccccc1)NCc1ccccc1. The van der Waals surface area contributed by atoms with Crippen molar-refractivity contribution in [1.82, 2.24) is 10.6 Å². The maximum Gasteiger partial charge on any atom is 0.0544 e. The van der Waals surface area contributed by atoms with Crippen molar-refractivity contribution in [1.29, 1.82) is 0 Å². The van der Waals surface area contributed by atoms with Gasteiger partial charge in [0.2, 0.25) is 0 Å². The average molecular weight is 270 g/mol. The van der Waals surface area contributed by atoms with Crippen molar-refractivity contribution in [2.45, 2.75) is 25.3 Å². The molecule has 0 bridgehead atoms. The van der Waals surface area contributed by atoms with Crippen molar-refractivity contribution in [3.05, 3.63) is 71.8 Å². The van der Waals surface area contributed by atoms with Gasteiger partial charge >= 0.3 is 0 Å². The van der Waals surface area contributed by atoms with Crippen LogP contribution in [0.2, 0.25) is 6.04 Å². The van der Waals surface area contributed by atoms with Gasteiger partial charge in [-0.25, -0.2) is 0 Å². The topological polar surface area (TPSA) is 24.1 Å². The molecule has 2 N–H and O–H groups in total. The minimum Gasteiger partial charge on any atom is -0.298 e. The molecule has 0 heterocycles. The van der Waals surface area contributed by atoms with Gasteiger partial charge in [0.25, 0.3) is 0 Å². The Balaban J connectivity index is 1.77. The highest BCUT2D eigenvalue weighted by Gasteiger charge is 2.04. The Bertz CT molecular complexity index is 415. The van der Waals surface area contributed by atoms with Gasteiger partial charge in [0, 0.05) is 23.3 Å². The lowest BCUT2D eigenvalue weighted by atomic mass is 10.2. The van der Waals surface area contributed by atoms with Crippen LogP contribution in [0.4, 0.5) is 0 Å². The molecule has 0 spiro atoms. The van der Waals surface area contributed by atoms with Gasteiger partial charge in [-0.3, -0.25) is 10.6 Å². The lowest BCUT2D eigenvalue weighted by Crippen LogP contribution is -2.41. The standard InChI is InChI=1S/C16H22N2Si/c19-13-16(17-11-14-7-3-1-4-8-14)18-12-15-9-5-2-6-10-15/h1-10,16-18H,11-13H2,19H3. The first-order valence-electron chi connectivity index (χ1n) is 6.93. The van der Waals surface area contributed by atoms with Crippen LogP contribution in [0.3, 0.4) is 0 Å². The minimum atomic E-state index is 0.409. The highest BCUT2D eigenvalue weighted by molar-refractivity contribution is 6.08. The molecule has 0 fully saturated rings. The van der Waals surface area contributed by atoms with E-state index in [9.17, 15) is 0 Å². The summed E-state index contributed by atoms with van der Waals surface area (Å²) in [6.45, 7) is 1.85. The molecule has 0 atom stereocenters. The molecule has 0 aliphatic heterocycles. The molecule has 2 aromatic carbocycles. The second kappa shape index (κ2) is 7.89. The molecule has 0 aliphatic rings. The van der Waals surface area contributed by atoms with Crippen molar-refractivity contribution in [3.63, 3.8) is 0 Å². The Hall–Kier alpha value is -1.42. The van der Waals surface area contributed by atoms with Crippen molar-refractivity contribution in [2.24, 2.45) is 0 Å². The van der Waals surface area contributed by atoms with Crippen LogP contribution in [-0.4, -0.2) is 16.4 Å². The summed E-state index contributed by atoms with van der Waals surface area (Å²) in [5, 5.41) is 7.16. The largest absolute Gasteiger partial charge is 0.298 e. The van der Waals surface area contributed by atoms with Crippen LogP contribution in [0.5, 0.6) is 0 Å². The summed E-state index contributed by atoms with van der Waals surface area (Å²) in [4.78, 5) is 0. The Morgan fingerprint density at radius 2 is 1.16 bits per heavy atom. The molecule has 0 aromatic heterocycles. The van der Waals surface area contributed by atoms with Crippen LogP contribution in [0.15, 0.2) is 60.7 Å². The van der Waals surface area contributed by atoms with Crippen LogP contribution in [0.25, 0.3) is 0 Å². The maximum absolute atomic E-state index is 3.58. The van der Waals surface area contributed by atoms with Crippen LogP contribution < -0.4 is 10.6 Å². The lowest BCUT2D eigenvalue weighted by Gasteiger charge is -2.19. The monoisotopic (exact) mass is 270 g/mol. The van der Waals surface area contributed by atoms with Gasteiger partial charge in [0.1, 0.15) is 0 Å². The third kappa shape index (κ3) is 4.99. The number of hydrogen-bond donors (Lipinski definition) is 2. The second-order valence-electron chi connectivity index (χ2n) is 4.69. The van der Waals surface area contributed by atoms with Crippen LogP contribution in [0, 0.1) is 0 Å². The van der Waals surface area contributed by atoms with Crippen molar-refractivity contribution < 1.29 is 0 Å². The predicted molar refractivity (Wildman–Crippen MR) is 85.1 cm³/mol. The summed E-state index contributed by atoms with van der Waals surface area (Å²) in [7, 11) is 1.20. The third-order valence-electron chi connectivity index (χ3n) is 3.20. The van der Waals surface area contributed by atoms with E-state index >= 15 is 0 Å². The summed E-state index contributed by atoms with van der Waals surface area (Å²) >= 11 is 0. The molecule has 0 radical (unpaired) electrons. The quantitative estimate of drug-likeness (QED) is 0.591. The van der Waals surface area contributed by atoms with E-state index in [2.05, 4.69) is 71.3 Å². The molecule has 0 amide bonds. The minimum absolute atomic E-state index is 0.409. The average Bonchev–Trinajstić information content (AvgIpc) is 2.49. The molecule has 2 nitrogen and oxygen atoms in total. The molecule has 0 saturated heterocycles. The summed E-state index contributed by atoms with van der Waals surface area (Å²) in [6, 6.07) is 22.3. The van der Waals surface area contributed by atoms with E-state index in [1.807, 2.05) is 0 Å². The highest BCUT2D eigenvalue weighted by Crippen LogP contribution is 2.01. The second-order valence-corrected chi connectivity index (χ2v) is 5.51. The molecule has 2 aromatic rings. The summed E-state index contributed by atoms with van der Waals surface area (Å²) < 4.78 is 0. The lowest BCUT2D eigenvalue weighted by molar-refractivity contribution is 0.451. The van der Waals surface area contributed by atoms with Crippen LogP contribution in [-0.2, 0) is 13.1 Å². The zero-order valence-corrected chi connectivity index (χ0v) is 13.5. The fourth-order valence-electron chi connectivity index (χ4n) is 2.03. The summed E-state index contributed by atoms with van der Waals surface area (Å²) in [5.41, 5.74) is 2.67. The normalized spacial score (nSPS) is 11.0. The van der Waals surface area contributed by atoms with E-state index < -0.39 is 0 Å². The van der Waals surface area contributed by atoms with E-state index in [0.29, 0.717) is 6.17 Å². The first-order valence-corrected chi connectivity index (χ1v) is 8.34. The Morgan fingerprint density at radius 1 is 0.737 bits per heavy atom. The first-order chi connectivity index (χ1) is 9.38. The van der Waals surface area contributed by atoms with Crippen molar-refractivity contribution in [2.75, 3.05) is 0 Å². The van der Waals surface area contributed by atoms with E-state index in [1.54, 1.807) is 0 Å². The third-order valence-corrected chi connectivity index (χ3v) is 4.02. The van der Waals surface area contributed by atoms with E-state index in [0.717, 1.165) is 13.1 Å². The van der Waals surface area contributed by atoms with Crippen LogP contribution in [0.1, 0.15) is 11.1 Å². The van der Waals surface area contributed by atoms with Gasteiger partial charge in [-0.05, 0) is 17.2 Å². The summed E-state index contributed by atoms with van der Waals surface area (Å²) in [5.74, 6) is 0. The molecule has 19 heavy (non-hydrogen) atoms. The van der Waals surface area contributed by atoms with Crippen molar-refractivity contribution >= 4 is 10.2 Å². The van der Waals surface area contributed by atoms with Crippen LogP contribution >= 0.6 is 0 Å². The van der Waals surface area contributed by atoms with Crippen molar-refractivity contribution in [3.8, 4) is 0 Å². The summed E-state index contributed by atoms with van der Waals surface area (Å²) in [6.07, 6.45) is 0.409. The first kappa shape index (κ1) is 14.0. The molecular formula is C16H22N2Si. The molecule has 0 saturated carbocycles. The molecule has 0 aliphatic carbocycles. The Labute approximate surface area is 118 Å². The molecule has 100 valence electrons. The number of nitrogens with one attached hydrogen (secondary N) is 2. The van der Waals surface area contributed by atoms with E-state index in [1.165, 1.54) is 27.4 Å². The zero-order chi connectivity index (χ0) is 13.3. The van der Waals surface area contributed by atoms with Gasteiger partial charge in [-0.1, -0.05) is 60.7 Å². The number of benzene rings is 2. The van der Waals surface area contributed by atoms with Gasteiger partial charge in [0.15, 0.2) is 0 Å². The molecule has 3 heteroatoms. The maximum atomic E-state index is 3.58. The predicted octanol–water partition coefficient (Wildman–Crippen LogP) is 1.68. The van der Waals surface area contributed by atoms with E-state index in [4.69, 9.17) is 0 Å². The van der Waals surface area contributed by atoms with Gasteiger partial charge in [-0.2, -0.15) is 0 Å². The zero-order valence-electron chi connectivity index (χ0n) is 11.5. The highest BCUT2D eigenvalue weighted by atomic mass is 28.1. The molecule has 0 unspecified atom stereocenters. The van der Waals surface area contributed by atoms with E-state index in [-0.39, 0.29) is 0 Å². The smallest absolute Gasteiger partial charge is 0.0544 e. The van der Waals surface area contributed by atoms with Gasteiger partial charge in [0.05, 0.1) is 6.17 Å².